The summed E-state index contributed by atoms with van der Waals surface area (Å²) in [7, 11) is 0. The molecule has 9 heteroatoms. The maximum absolute atomic E-state index is 12.4. The Kier molecular flexibility index (Phi) is 7.37. The molecule has 2 N–H and O–H groups in total. The fourth-order valence-corrected chi connectivity index (χ4v) is 5.41. The van der Waals surface area contributed by atoms with Gasteiger partial charge in [-0.2, -0.15) is 10.2 Å². The normalized spacial score (nSPS) is 23.3. The number of aliphatic hydroxyl groups is 1. The van der Waals surface area contributed by atoms with Crippen LogP contribution in [0, 0.1) is 0 Å². The number of pyridine rings is 1. The SMILES string of the molecule is CC1(O)CC(c2nncc3cc(OCCN4CCCC(=O)Nc5ccc(Cl)cc5CCC4)cnc23)C1. The van der Waals surface area contributed by atoms with Crippen molar-refractivity contribution in [3.05, 3.63) is 52.9 Å². The van der Waals surface area contributed by atoms with Crippen molar-refractivity contribution in [2.24, 2.45) is 0 Å². The summed E-state index contributed by atoms with van der Waals surface area (Å²) < 4.78 is 6.05. The lowest BCUT2D eigenvalue weighted by atomic mass is 9.70. The summed E-state index contributed by atoms with van der Waals surface area (Å²) in [6.07, 6.45) is 7.89. The molecule has 1 fully saturated rings. The number of anilines is 1. The van der Waals surface area contributed by atoms with Gasteiger partial charge >= 0.3 is 0 Å². The molecule has 0 bridgehead atoms. The second-order valence-corrected chi connectivity index (χ2v) is 10.6. The van der Waals surface area contributed by atoms with Gasteiger partial charge in [0.05, 0.1) is 29.2 Å². The first-order chi connectivity index (χ1) is 17.4. The topological polar surface area (TPSA) is 100 Å². The van der Waals surface area contributed by atoms with Crippen LogP contribution in [0.3, 0.4) is 0 Å². The van der Waals surface area contributed by atoms with E-state index in [4.69, 9.17) is 16.3 Å². The molecule has 1 aromatic carbocycles. The van der Waals surface area contributed by atoms with E-state index in [9.17, 15) is 9.90 Å². The molecule has 0 radical (unpaired) electrons. The third kappa shape index (κ3) is 5.94. The molecule has 3 heterocycles. The first kappa shape index (κ1) is 24.9. The highest BCUT2D eigenvalue weighted by molar-refractivity contribution is 6.30. The molecule has 0 atom stereocenters. The highest BCUT2D eigenvalue weighted by atomic mass is 35.5. The zero-order valence-electron chi connectivity index (χ0n) is 20.5. The Labute approximate surface area is 216 Å². The van der Waals surface area contributed by atoms with Crippen LogP contribution in [0.5, 0.6) is 5.75 Å². The van der Waals surface area contributed by atoms with Crippen LogP contribution in [0.15, 0.2) is 36.7 Å². The minimum atomic E-state index is -0.624. The van der Waals surface area contributed by atoms with Gasteiger partial charge in [-0.1, -0.05) is 11.6 Å². The Balaban J connectivity index is 1.18. The van der Waals surface area contributed by atoms with Gasteiger partial charge in [-0.05, 0) is 81.9 Å². The van der Waals surface area contributed by atoms with E-state index < -0.39 is 5.60 Å². The molecule has 36 heavy (non-hydrogen) atoms. The summed E-state index contributed by atoms with van der Waals surface area (Å²) in [4.78, 5) is 19.3. The number of hydrogen-bond donors (Lipinski definition) is 2. The number of hydrogen-bond acceptors (Lipinski definition) is 7. The van der Waals surface area contributed by atoms with Crippen LogP contribution in [0.4, 0.5) is 5.69 Å². The maximum atomic E-state index is 12.4. The fraction of sp³-hybridized carbons (Fsp3) is 0.481. The van der Waals surface area contributed by atoms with Gasteiger partial charge in [0.25, 0.3) is 0 Å². The molecule has 2 aliphatic rings. The molecule has 0 unspecified atom stereocenters. The lowest BCUT2D eigenvalue weighted by molar-refractivity contribution is -0.116. The van der Waals surface area contributed by atoms with Crippen LogP contribution in [-0.2, 0) is 11.2 Å². The molecule has 5 rings (SSSR count). The van der Waals surface area contributed by atoms with E-state index in [1.165, 1.54) is 0 Å². The van der Waals surface area contributed by atoms with E-state index in [1.54, 1.807) is 12.4 Å². The van der Waals surface area contributed by atoms with E-state index in [-0.39, 0.29) is 11.8 Å². The van der Waals surface area contributed by atoms with E-state index >= 15 is 0 Å². The number of aryl methyl sites for hydroxylation is 1. The predicted molar refractivity (Wildman–Crippen MR) is 140 cm³/mol. The number of carbonyl (C=O) groups excluding carboxylic acids is 1. The van der Waals surface area contributed by atoms with Crippen molar-refractivity contribution in [1.82, 2.24) is 20.1 Å². The van der Waals surface area contributed by atoms with Gasteiger partial charge in [-0.3, -0.25) is 14.7 Å². The lowest BCUT2D eigenvalue weighted by Crippen LogP contribution is -2.39. The van der Waals surface area contributed by atoms with Gasteiger partial charge in [-0.25, -0.2) is 0 Å². The van der Waals surface area contributed by atoms with Gasteiger partial charge in [0, 0.05) is 35.0 Å². The number of nitrogens with one attached hydrogen (secondary N) is 1. The monoisotopic (exact) mass is 509 g/mol. The van der Waals surface area contributed by atoms with Crippen molar-refractivity contribution in [3.63, 3.8) is 0 Å². The Hall–Kier alpha value is -2.81. The number of nitrogens with zero attached hydrogens (tertiary/aromatic N) is 4. The summed E-state index contributed by atoms with van der Waals surface area (Å²) in [6, 6.07) is 7.60. The number of carbonyl (C=O) groups is 1. The number of amides is 1. The summed E-state index contributed by atoms with van der Waals surface area (Å²) in [5, 5.41) is 23.2. The Morgan fingerprint density at radius 1 is 1.19 bits per heavy atom. The molecule has 0 spiro atoms. The van der Waals surface area contributed by atoms with Crippen molar-refractivity contribution >= 4 is 34.1 Å². The average Bonchev–Trinajstić information content (AvgIpc) is 2.86. The standard InChI is InChI=1S/C27H32ClN5O3/c1-27(35)14-20(15-27)26-25-19(16-30-32-26)13-22(17-29-25)36-11-10-33-8-2-4-18-12-21(28)6-7-23(18)31-24(34)5-3-9-33/h6-7,12-13,16-17,20,35H,2-5,8-11,14-15H2,1H3,(H,31,34). The van der Waals surface area contributed by atoms with Crippen LogP contribution in [0.2, 0.25) is 5.02 Å². The quantitative estimate of drug-likeness (QED) is 0.527. The van der Waals surface area contributed by atoms with E-state index in [0.717, 1.165) is 66.7 Å². The third-order valence-electron chi connectivity index (χ3n) is 7.07. The average molecular weight is 510 g/mol. The van der Waals surface area contributed by atoms with Gasteiger partial charge < -0.3 is 15.2 Å². The molecule has 1 aliphatic carbocycles. The molecule has 0 saturated heterocycles. The minimum Gasteiger partial charge on any atom is -0.491 e. The van der Waals surface area contributed by atoms with Crippen molar-refractivity contribution < 1.29 is 14.6 Å². The largest absolute Gasteiger partial charge is 0.491 e. The first-order valence-electron chi connectivity index (χ1n) is 12.6. The van der Waals surface area contributed by atoms with Gasteiger partial charge in [0.1, 0.15) is 12.4 Å². The van der Waals surface area contributed by atoms with Crippen LogP contribution >= 0.6 is 11.6 Å². The number of benzene rings is 1. The summed E-state index contributed by atoms with van der Waals surface area (Å²) >= 11 is 6.19. The first-order valence-corrected chi connectivity index (χ1v) is 13.0. The Morgan fingerprint density at radius 2 is 2.00 bits per heavy atom. The molecule has 1 amide bonds. The Bertz CT molecular complexity index is 1240. The van der Waals surface area contributed by atoms with E-state index in [0.29, 0.717) is 36.6 Å². The summed E-state index contributed by atoms with van der Waals surface area (Å²) in [5.74, 6) is 0.917. The minimum absolute atomic E-state index is 0.0342. The second-order valence-electron chi connectivity index (χ2n) is 10.2. The number of fused-ring (bicyclic) bond motifs is 2. The maximum Gasteiger partial charge on any atom is 0.224 e. The summed E-state index contributed by atoms with van der Waals surface area (Å²) in [5.41, 5.74) is 2.98. The molecule has 1 saturated carbocycles. The lowest BCUT2D eigenvalue weighted by Gasteiger charge is -2.40. The molecular weight excluding hydrogens is 478 g/mol. The van der Waals surface area contributed by atoms with Crippen LogP contribution in [-0.4, -0.2) is 62.9 Å². The molecule has 1 aliphatic heterocycles. The third-order valence-corrected chi connectivity index (χ3v) is 7.31. The van der Waals surface area contributed by atoms with Crippen molar-refractivity contribution in [1.29, 1.82) is 0 Å². The van der Waals surface area contributed by atoms with Crippen LogP contribution in [0.1, 0.15) is 56.2 Å². The van der Waals surface area contributed by atoms with E-state index in [2.05, 4.69) is 25.4 Å². The van der Waals surface area contributed by atoms with Gasteiger partial charge in [-0.15, -0.1) is 0 Å². The Morgan fingerprint density at radius 3 is 2.81 bits per heavy atom. The highest BCUT2D eigenvalue weighted by Gasteiger charge is 2.41. The molecule has 2 aromatic heterocycles. The van der Waals surface area contributed by atoms with Gasteiger partial charge in [0.15, 0.2) is 0 Å². The number of ether oxygens (including phenoxy) is 1. The van der Waals surface area contributed by atoms with Crippen LogP contribution < -0.4 is 10.1 Å². The molecule has 3 aromatic rings. The van der Waals surface area contributed by atoms with Gasteiger partial charge in [0.2, 0.25) is 5.91 Å². The molecular formula is C27H32ClN5O3. The smallest absolute Gasteiger partial charge is 0.224 e. The second kappa shape index (κ2) is 10.7. The van der Waals surface area contributed by atoms with Crippen molar-refractivity contribution in [2.45, 2.75) is 57.0 Å². The van der Waals surface area contributed by atoms with E-state index in [1.807, 2.05) is 31.2 Å². The zero-order valence-corrected chi connectivity index (χ0v) is 21.3. The fourth-order valence-electron chi connectivity index (χ4n) is 5.21. The zero-order chi connectivity index (χ0) is 25.1. The highest BCUT2D eigenvalue weighted by Crippen LogP contribution is 2.45. The molecule has 8 nitrogen and oxygen atoms in total. The number of rotatable bonds is 5. The molecule has 190 valence electrons. The number of halogens is 1. The summed E-state index contributed by atoms with van der Waals surface area (Å²) in [6.45, 7) is 4.90. The van der Waals surface area contributed by atoms with Crippen molar-refractivity contribution in [3.8, 4) is 5.75 Å². The number of aromatic nitrogens is 3. The van der Waals surface area contributed by atoms with Crippen LogP contribution in [0.25, 0.3) is 10.9 Å². The predicted octanol–water partition coefficient (Wildman–Crippen LogP) is 4.35. The van der Waals surface area contributed by atoms with Crippen molar-refractivity contribution in [2.75, 3.05) is 31.6 Å².